The van der Waals surface area contributed by atoms with E-state index in [1.54, 1.807) is 23.1 Å². The molecule has 2 heterocycles. The van der Waals surface area contributed by atoms with Crippen LogP contribution in [0.4, 0.5) is 13.2 Å². The summed E-state index contributed by atoms with van der Waals surface area (Å²) in [5.41, 5.74) is 3.94. The summed E-state index contributed by atoms with van der Waals surface area (Å²) >= 11 is 0. The normalized spacial score (nSPS) is 15.2. The SMILES string of the molecule is N#Cc1cccc(-c2n[nH]c3c2CN(CCC(F)(F)F)CC3)c1. The van der Waals surface area contributed by atoms with E-state index in [0.717, 1.165) is 16.8 Å². The van der Waals surface area contributed by atoms with Crippen LogP contribution in [0.2, 0.25) is 0 Å². The maximum absolute atomic E-state index is 12.4. The molecule has 0 atom stereocenters. The molecule has 0 bridgehead atoms. The molecule has 23 heavy (non-hydrogen) atoms. The number of H-pyrrole nitrogens is 1. The van der Waals surface area contributed by atoms with Crippen LogP contribution in [-0.4, -0.2) is 34.4 Å². The number of aromatic nitrogens is 2. The molecule has 0 saturated heterocycles. The van der Waals surface area contributed by atoms with Gasteiger partial charge in [-0.25, -0.2) is 0 Å². The second-order valence-corrected chi connectivity index (χ2v) is 5.61. The molecule has 0 spiro atoms. The minimum atomic E-state index is -4.14. The molecule has 0 amide bonds. The Balaban J connectivity index is 1.82. The average molecular weight is 320 g/mol. The summed E-state index contributed by atoms with van der Waals surface area (Å²) in [5, 5.41) is 16.3. The molecule has 0 fully saturated rings. The molecule has 7 heteroatoms. The highest BCUT2D eigenvalue weighted by molar-refractivity contribution is 5.66. The molecule has 2 aromatic rings. The van der Waals surface area contributed by atoms with Crippen LogP contribution in [0.15, 0.2) is 24.3 Å². The van der Waals surface area contributed by atoms with Crippen molar-refractivity contribution in [2.75, 3.05) is 13.1 Å². The van der Waals surface area contributed by atoms with Gasteiger partial charge in [0, 0.05) is 42.9 Å². The van der Waals surface area contributed by atoms with Gasteiger partial charge in [-0.2, -0.15) is 23.5 Å². The van der Waals surface area contributed by atoms with E-state index >= 15 is 0 Å². The number of nitriles is 1. The molecule has 0 unspecified atom stereocenters. The van der Waals surface area contributed by atoms with Gasteiger partial charge in [-0.3, -0.25) is 10.00 Å². The van der Waals surface area contributed by atoms with Crippen molar-refractivity contribution in [2.24, 2.45) is 0 Å². The number of nitrogens with zero attached hydrogens (tertiary/aromatic N) is 3. The van der Waals surface area contributed by atoms with E-state index in [0.29, 0.717) is 30.8 Å². The summed E-state index contributed by atoms with van der Waals surface area (Å²) in [6, 6.07) is 9.16. The second-order valence-electron chi connectivity index (χ2n) is 5.61. The first-order valence-electron chi connectivity index (χ1n) is 7.32. The van der Waals surface area contributed by atoms with E-state index < -0.39 is 12.6 Å². The van der Waals surface area contributed by atoms with E-state index in [1.165, 1.54) is 0 Å². The van der Waals surface area contributed by atoms with Crippen LogP contribution in [0.1, 0.15) is 23.2 Å². The van der Waals surface area contributed by atoms with Crippen LogP contribution >= 0.6 is 0 Å². The molecular formula is C16H15F3N4. The van der Waals surface area contributed by atoms with Crippen molar-refractivity contribution in [1.29, 1.82) is 5.26 Å². The molecule has 1 N–H and O–H groups in total. The summed E-state index contributed by atoms with van der Waals surface area (Å²) in [5.74, 6) is 0. The molecule has 0 radical (unpaired) electrons. The fraction of sp³-hybridized carbons (Fsp3) is 0.375. The van der Waals surface area contributed by atoms with Crippen LogP contribution in [0.3, 0.4) is 0 Å². The number of nitrogens with one attached hydrogen (secondary N) is 1. The summed E-state index contributed by atoms with van der Waals surface area (Å²) in [6.07, 6.45) is -4.29. The number of benzene rings is 1. The Morgan fingerprint density at radius 3 is 2.91 bits per heavy atom. The van der Waals surface area contributed by atoms with Crippen LogP contribution in [-0.2, 0) is 13.0 Å². The van der Waals surface area contributed by atoms with E-state index in [9.17, 15) is 13.2 Å². The maximum Gasteiger partial charge on any atom is 0.390 e. The zero-order valence-electron chi connectivity index (χ0n) is 12.3. The van der Waals surface area contributed by atoms with Gasteiger partial charge in [0.15, 0.2) is 0 Å². The highest BCUT2D eigenvalue weighted by atomic mass is 19.4. The van der Waals surface area contributed by atoms with Crippen LogP contribution < -0.4 is 0 Å². The van der Waals surface area contributed by atoms with Crippen molar-refractivity contribution in [3.05, 3.63) is 41.1 Å². The first-order chi connectivity index (χ1) is 11.0. The van der Waals surface area contributed by atoms with E-state index in [-0.39, 0.29) is 6.54 Å². The Labute approximate surface area is 131 Å². The number of hydrogen-bond donors (Lipinski definition) is 1. The molecule has 1 aliphatic heterocycles. The Morgan fingerprint density at radius 1 is 1.35 bits per heavy atom. The molecule has 1 aliphatic rings. The Morgan fingerprint density at radius 2 is 2.17 bits per heavy atom. The van der Waals surface area contributed by atoms with Crippen molar-refractivity contribution in [3.63, 3.8) is 0 Å². The van der Waals surface area contributed by atoms with Gasteiger partial charge >= 0.3 is 6.18 Å². The van der Waals surface area contributed by atoms with Crippen molar-refractivity contribution < 1.29 is 13.2 Å². The lowest BCUT2D eigenvalue weighted by Gasteiger charge is -2.27. The second kappa shape index (κ2) is 6.05. The van der Waals surface area contributed by atoms with E-state index in [4.69, 9.17) is 5.26 Å². The molecule has 3 rings (SSSR count). The first kappa shape index (κ1) is 15.6. The summed E-state index contributed by atoms with van der Waals surface area (Å²) in [4.78, 5) is 1.79. The third kappa shape index (κ3) is 3.54. The van der Waals surface area contributed by atoms with Crippen molar-refractivity contribution in [2.45, 2.75) is 25.6 Å². The van der Waals surface area contributed by atoms with Gasteiger partial charge in [-0.05, 0) is 12.1 Å². The maximum atomic E-state index is 12.4. The quantitative estimate of drug-likeness (QED) is 0.944. The van der Waals surface area contributed by atoms with E-state index in [2.05, 4.69) is 16.3 Å². The molecular weight excluding hydrogens is 305 g/mol. The van der Waals surface area contributed by atoms with Crippen molar-refractivity contribution >= 4 is 0 Å². The third-order valence-corrected chi connectivity index (χ3v) is 3.99. The lowest BCUT2D eigenvalue weighted by molar-refractivity contribution is -0.138. The zero-order valence-corrected chi connectivity index (χ0v) is 12.3. The molecule has 4 nitrogen and oxygen atoms in total. The lowest BCUT2D eigenvalue weighted by Crippen LogP contribution is -2.33. The summed E-state index contributed by atoms with van der Waals surface area (Å²) in [6.45, 7) is 1.02. The lowest BCUT2D eigenvalue weighted by atomic mass is 10.00. The van der Waals surface area contributed by atoms with Gasteiger partial charge in [0.1, 0.15) is 0 Å². The van der Waals surface area contributed by atoms with Crippen LogP contribution in [0.25, 0.3) is 11.3 Å². The smallest absolute Gasteiger partial charge is 0.298 e. The van der Waals surface area contributed by atoms with Gasteiger partial charge in [0.2, 0.25) is 0 Å². The Bertz CT molecular complexity index is 743. The topological polar surface area (TPSA) is 55.7 Å². The molecule has 0 aliphatic carbocycles. The standard InChI is InChI=1S/C16H15F3N4/c17-16(18,19)5-7-23-6-4-14-13(10-23)15(22-21-14)12-3-1-2-11(8-12)9-20/h1-3,8H,4-7,10H2,(H,21,22). The summed E-state index contributed by atoms with van der Waals surface area (Å²) < 4.78 is 37.2. The van der Waals surface area contributed by atoms with Crippen molar-refractivity contribution in [1.82, 2.24) is 15.1 Å². The first-order valence-corrected chi connectivity index (χ1v) is 7.32. The highest BCUT2D eigenvalue weighted by Gasteiger charge is 2.29. The van der Waals surface area contributed by atoms with Crippen LogP contribution in [0.5, 0.6) is 0 Å². The van der Waals surface area contributed by atoms with E-state index in [1.807, 2.05) is 6.07 Å². The minimum absolute atomic E-state index is 0.00814. The van der Waals surface area contributed by atoms with Gasteiger partial charge in [0.25, 0.3) is 0 Å². The van der Waals surface area contributed by atoms with Gasteiger partial charge in [0.05, 0.1) is 23.7 Å². The largest absolute Gasteiger partial charge is 0.390 e. The molecule has 120 valence electrons. The van der Waals surface area contributed by atoms with Crippen LogP contribution in [0, 0.1) is 11.3 Å². The van der Waals surface area contributed by atoms with Gasteiger partial charge < -0.3 is 0 Å². The summed E-state index contributed by atoms with van der Waals surface area (Å²) in [7, 11) is 0. The Kier molecular flexibility index (Phi) is 4.09. The highest BCUT2D eigenvalue weighted by Crippen LogP contribution is 2.29. The number of alkyl halides is 3. The molecule has 0 saturated carbocycles. The third-order valence-electron chi connectivity index (χ3n) is 3.99. The number of rotatable bonds is 3. The predicted molar refractivity (Wildman–Crippen MR) is 78.4 cm³/mol. The number of aromatic amines is 1. The molecule has 1 aromatic heterocycles. The van der Waals surface area contributed by atoms with Crippen molar-refractivity contribution in [3.8, 4) is 17.3 Å². The fourth-order valence-electron chi connectivity index (χ4n) is 2.80. The Hall–Kier alpha value is -2.33. The minimum Gasteiger partial charge on any atom is -0.298 e. The number of hydrogen-bond acceptors (Lipinski definition) is 3. The number of fused-ring (bicyclic) bond motifs is 1. The molecule has 1 aromatic carbocycles. The average Bonchev–Trinajstić information content (AvgIpc) is 2.95. The number of halogens is 3. The van der Waals surface area contributed by atoms with Gasteiger partial charge in [-0.15, -0.1) is 0 Å². The van der Waals surface area contributed by atoms with Gasteiger partial charge in [-0.1, -0.05) is 12.1 Å². The monoisotopic (exact) mass is 320 g/mol. The predicted octanol–water partition coefficient (Wildman–Crippen LogP) is 3.26. The zero-order chi connectivity index (χ0) is 16.4. The fourth-order valence-corrected chi connectivity index (χ4v) is 2.80.